The summed E-state index contributed by atoms with van der Waals surface area (Å²) in [7, 11) is 0. The molecule has 1 aromatic carbocycles. The van der Waals surface area contributed by atoms with Crippen LogP contribution >= 0.6 is 38.6 Å². The Balaban J connectivity index is 1.87. The predicted molar refractivity (Wildman–Crippen MR) is 86.6 cm³/mol. The summed E-state index contributed by atoms with van der Waals surface area (Å²) in [5.41, 5.74) is 0.860. The van der Waals surface area contributed by atoms with E-state index in [1.807, 2.05) is 0 Å². The van der Waals surface area contributed by atoms with E-state index in [-0.39, 0.29) is 11.5 Å². The minimum atomic E-state index is -0.987. The number of aromatic carboxylic acids is 1. The van der Waals surface area contributed by atoms with Crippen molar-refractivity contribution in [3.05, 3.63) is 44.6 Å². The Bertz CT molecular complexity index is 856. The summed E-state index contributed by atoms with van der Waals surface area (Å²) >= 11 is 5.88. The maximum atomic E-state index is 12.0. The van der Waals surface area contributed by atoms with Gasteiger partial charge in [-0.1, -0.05) is 11.3 Å². The fourth-order valence-corrected chi connectivity index (χ4v) is 3.89. The molecule has 2 N–H and O–H groups in total. The average molecular weight is 383 g/mol. The first-order valence-corrected chi connectivity index (χ1v) is 8.16. The first kappa shape index (κ1) is 14.2. The second kappa shape index (κ2) is 5.55. The Labute approximate surface area is 135 Å². The van der Waals surface area contributed by atoms with E-state index in [0.717, 1.165) is 8.49 Å². The number of hydrogen-bond acceptors (Lipinski definition) is 5. The zero-order valence-corrected chi connectivity index (χ0v) is 13.5. The summed E-state index contributed by atoms with van der Waals surface area (Å²) in [6.45, 7) is 0. The number of thiazole rings is 1. The van der Waals surface area contributed by atoms with E-state index in [1.165, 1.54) is 28.7 Å². The molecule has 0 spiro atoms. The number of rotatable bonds is 3. The van der Waals surface area contributed by atoms with Gasteiger partial charge in [-0.05, 0) is 46.3 Å². The summed E-state index contributed by atoms with van der Waals surface area (Å²) in [6, 6.07) is 8.20. The highest BCUT2D eigenvalue weighted by Gasteiger charge is 2.13. The number of fused-ring (bicyclic) bond motifs is 1. The van der Waals surface area contributed by atoms with Crippen molar-refractivity contribution >= 4 is 65.8 Å². The van der Waals surface area contributed by atoms with Crippen molar-refractivity contribution in [2.24, 2.45) is 0 Å². The van der Waals surface area contributed by atoms with Crippen LogP contribution in [0, 0.1) is 0 Å². The van der Waals surface area contributed by atoms with E-state index in [1.54, 1.807) is 24.3 Å². The van der Waals surface area contributed by atoms with Crippen LogP contribution in [0.15, 0.2) is 34.1 Å². The van der Waals surface area contributed by atoms with Gasteiger partial charge in [0.2, 0.25) is 0 Å². The summed E-state index contributed by atoms with van der Waals surface area (Å²) in [6.07, 6.45) is 0. The molecule has 8 heteroatoms. The zero-order valence-electron chi connectivity index (χ0n) is 10.3. The van der Waals surface area contributed by atoms with Gasteiger partial charge in [0.15, 0.2) is 5.13 Å². The topological polar surface area (TPSA) is 79.3 Å². The van der Waals surface area contributed by atoms with Gasteiger partial charge in [0, 0.05) is 0 Å². The first-order valence-electron chi connectivity index (χ1n) is 5.73. The van der Waals surface area contributed by atoms with E-state index in [9.17, 15) is 9.59 Å². The number of carbonyl (C=O) groups is 2. The number of thiophene rings is 1. The van der Waals surface area contributed by atoms with Gasteiger partial charge in [-0.15, -0.1) is 11.3 Å². The molecule has 0 saturated carbocycles. The highest BCUT2D eigenvalue weighted by atomic mass is 79.9. The van der Waals surface area contributed by atoms with Crippen LogP contribution in [0.5, 0.6) is 0 Å². The second-order valence-corrected chi connectivity index (χ2v) is 7.56. The molecule has 3 rings (SSSR count). The summed E-state index contributed by atoms with van der Waals surface area (Å²) in [4.78, 5) is 27.8. The molecule has 21 heavy (non-hydrogen) atoms. The van der Waals surface area contributed by atoms with Gasteiger partial charge >= 0.3 is 5.97 Å². The molecular formula is C13H7BrN2O3S2. The first-order chi connectivity index (χ1) is 10.0. The van der Waals surface area contributed by atoms with Crippen molar-refractivity contribution in [2.45, 2.75) is 0 Å². The van der Waals surface area contributed by atoms with Crippen LogP contribution in [-0.2, 0) is 0 Å². The monoisotopic (exact) mass is 382 g/mol. The number of hydrogen-bond donors (Lipinski definition) is 2. The lowest BCUT2D eigenvalue weighted by molar-refractivity contribution is 0.0697. The SMILES string of the molecule is O=C(O)c1ccc2nc(NC(=O)c3ccc(Br)s3)sc2c1. The molecule has 106 valence electrons. The lowest BCUT2D eigenvalue weighted by Crippen LogP contribution is -2.09. The maximum Gasteiger partial charge on any atom is 0.335 e. The Hall–Kier alpha value is -1.77. The molecule has 0 radical (unpaired) electrons. The third-order valence-corrected chi connectivity index (χ3v) is 5.21. The normalized spacial score (nSPS) is 10.7. The minimum absolute atomic E-state index is 0.200. The van der Waals surface area contributed by atoms with Crippen molar-refractivity contribution < 1.29 is 14.7 Å². The van der Waals surface area contributed by atoms with Crippen molar-refractivity contribution in [3.63, 3.8) is 0 Å². The lowest BCUT2D eigenvalue weighted by atomic mass is 10.2. The average Bonchev–Trinajstić information content (AvgIpc) is 3.03. The third-order valence-electron chi connectivity index (χ3n) is 2.65. The summed E-state index contributed by atoms with van der Waals surface area (Å²) in [5, 5.41) is 12.1. The number of amides is 1. The summed E-state index contributed by atoms with van der Waals surface area (Å²) in [5.74, 6) is -1.22. The van der Waals surface area contributed by atoms with Crippen LogP contribution in [0.25, 0.3) is 10.2 Å². The standard InChI is InChI=1S/C13H7BrN2O3S2/c14-10-4-3-8(20-10)11(17)16-13-15-7-2-1-6(12(18)19)5-9(7)21-13/h1-5H,(H,18,19)(H,15,16,17). The number of nitrogens with one attached hydrogen (secondary N) is 1. The molecule has 2 heterocycles. The maximum absolute atomic E-state index is 12.0. The number of halogens is 1. The van der Waals surface area contributed by atoms with Crippen molar-refractivity contribution in [2.75, 3.05) is 5.32 Å². The predicted octanol–water partition coefficient (Wildman–Crippen LogP) is 4.07. The van der Waals surface area contributed by atoms with Gasteiger partial charge in [0.25, 0.3) is 5.91 Å². The molecule has 3 aromatic rings. The van der Waals surface area contributed by atoms with Crippen LogP contribution in [-0.4, -0.2) is 22.0 Å². The van der Waals surface area contributed by atoms with Gasteiger partial charge in [0.1, 0.15) is 0 Å². The van der Waals surface area contributed by atoms with E-state index in [0.29, 0.717) is 15.5 Å². The molecule has 0 aliphatic heterocycles. The highest BCUT2D eigenvalue weighted by molar-refractivity contribution is 9.11. The van der Waals surface area contributed by atoms with Gasteiger partial charge in [-0.2, -0.15) is 0 Å². The Morgan fingerprint density at radius 2 is 2.00 bits per heavy atom. The van der Waals surface area contributed by atoms with Crippen LogP contribution in [0.4, 0.5) is 5.13 Å². The quantitative estimate of drug-likeness (QED) is 0.715. The number of anilines is 1. The molecule has 0 bridgehead atoms. The van der Waals surface area contributed by atoms with Gasteiger partial charge in [-0.25, -0.2) is 9.78 Å². The molecule has 1 amide bonds. The molecule has 0 atom stereocenters. The molecule has 0 fully saturated rings. The number of carboxylic acid groups (broad SMARTS) is 1. The van der Waals surface area contributed by atoms with Crippen molar-refractivity contribution in [3.8, 4) is 0 Å². The molecule has 0 aliphatic rings. The fourth-order valence-electron chi connectivity index (χ4n) is 1.71. The molecule has 0 aliphatic carbocycles. The lowest BCUT2D eigenvalue weighted by Gasteiger charge is -1.96. The summed E-state index contributed by atoms with van der Waals surface area (Å²) < 4.78 is 1.60. The number of carboxylic acids is 1. The fraction of sp³-hybridized carbons (Fsp3) is 0. The molecule has 2 aromatic heterocycles. The smallest absolute Gasteiger partial charge is 0.335 e. The number of benzene rings is 1. The minimum Gasteiger partial charge on any atom is -0.478 e. The number of nitrogens with zero attached hydrogens (tertiary/aromatic N) is 1. The molecule has 0 saturated heterocycles. The Morgan fingerprint density at radius 1 is 1.19 bits per heavy atom. The zero-order chi connectivity index (χ0) is 15.0. The van der Waals surface area contributed by atoms with Crippen LogP contribution in [0.3, 0.4) is 0 Å². The van der Waals surface area contributed by atoms with Crippen LogP contribution in [0.2, 0.25) is 0 Å². The largest absolute Gasteiger partial charge is 0.478 e. The number of carbonyl (C=O) groups excluding carboxylic acids is 1. The van der Waals surface area contributed by atoms with Crippen LogP contribution in [0.1, 0.15) is 20.0 Å². The van der Waals surface area contributed by atoms with Gasteiger partial charge in [0.05, 0.1) is 24.4 Å². The van der Waals surface area contributed by atoms with E-state index in [4.69, 9.17) is 5.11 Å². The van der Waals surface area contributed by atoms with E-state index in [2.05, 4.69) is 26.2 Å². The molecule has 5 nitrogen and oxygen atoms in total. The third kappa shape index (κ3) is 2.97. The Kier molecular flexibility index (Phi) is 3.75. The van der Waals surface area contributed by atoms with Crippen molar-refractivity contribution in [1.82, 2.24) is 4.98 Å². The van der Waals surface area contributed by atoms with Gasteiger partial charge < -0.3 is 5.11 Å². The second-order valence-electron chi connectivity index (χ2n) is 4.06. The Morgan fingerprint density at radius 3 is 2.67 bits per heavy atom. The van der Waals surface area contributed by atoms with Crippen LogP contribution < -0.4 is 5.32 Å². The highest BCUT2D eigenvalue weighted by Crippen LogP contribution is 2.28. The van der Waals surface area contributed by atoms with Crippen molar-refractivity contribution in [1.29, 1.82) is 0 Å². The van der Waals surface area contributed by atoms with E-state index >= 15 is 0 Å². The molecular weight excluding hydrogens is 376 g/mol. The molecule has 0 unspecified atom stereocenters. The van der Waals surface area contributed by atoms with E-state index < -0.39 is 5.97 Å². The number of aromatic nitrogens is 1. The van der Waals surface area contributed by atoms with Gasteiger partial charge in [-0.3, -0.25) is 10.1 Å².